The third kappa shape index (κ3) is 3.23. The van der Waals surface area contributed by atoms with E-state index in [0.29, 0.717) is 0 Å². The SMILES string of the molecule is OCCCCNc1cc(-c2ccc3c(c2)OCO3)nc2ccccc12. The molecule has 1 aromatic heterocycles. The lowest BCUT2D eigenvalue weighted by molar-refractivity contribution is 0.174. The van der Waals surface area contributed by atoms with Crippen LogP contribution < -0.4 is 14.8 Å². The highest BCUT2D eigenvalue weighted by Gasteiger charge is 2.15. The van der Waals surface area contributed by atoms with Crippen LogP contribution in [0.4, 0.5) is 5.69 Å². The van der Waals surface area contributed by atoms with Gasteiger partial charge < -0.3 is 19.9 Å². The van der Waals surface area contributed by atoms with E-state index in [-0.39, 0.29) is 13.4 Å². The second-order valence-electron chi connectivity index (χ2n) is 6.00. The highest BCUT2D eigenvalue weighted by atomic mass is 16.7. The molecule has 0 radical (unpaired) electrons. The van der Waals surface area contributed by atoms with E-state index in [2.05, 4.69) is 17.4 Å². The van der Waals surface area contributed by atoms with E-state index in [1.165, 1.54) is 0 Å². The Morgan fingerprint density at radius 2 is 1.88 bits per heavy atom. The summed E-state index contributed by atoms with van der Waals surface area (Å²) >= 11 is 0. The first kappa shape index (κ1) is 15.7. The molecule has 0 fully saturated rings. The molecule has 2 aromatic carbocycles. The molecule has 3 aromatic rings. The lowest BCUT2D eigenvalue weighted by Gasteiger charge is -2.12. The van der Waals surface area contributed by atoms with Crippen molar-refractivity contribution in [1.82, 2.24) is 4.98 Å². The van der Waals surface area contributed by atoms with Gasteiger partial charge in [0.1, 0.15) is 0 Å². The van der Waals surface area contributed by atoms with Crippen molar-refractivity contribution in [3.05, 3.63) is 48.5 Å². The summed E-state index contributed by atoms with van der Waals surface area (Å²) in [7, 11) is 0. The quantitative estimate of drug-likeness (QED) is 0.670. The van der Waals surface area contributed by atoms with Crippen LogP contribution in [0.3, 0.4) is 0 Å². The van der Waals surface area contributed by atoms with Crippen molar-refractivity contribution >= 4 is 16.6 Å². The van der Waals surface area contributed by atoms with Gasteiger partial charge in [-0.1, -0.05) is 18.2 Å². The Bertz CT molecular complexity index is 895. The van der Waals surface area contributed by atoms with Gasteiger partial charge in [0, 0.05) is 29.8 Å². The normalized spacial score (nSPS) is 12.5. The Hall–Kier alpha value is -2.79. The number of rotatable bonds is 6. The average Bonchev–Trinajstić information content (AvgIpc) is 3.12. The van der Waals surface area contributed by atoms with Crippen LogP contribution in [0.25, 0.3) is 22.2 Å². The summed E-state index contributed by atoms with van der Waals surface area (Å²) in [5.41, 5.74) is 3.88. The number of anilines is 1. The molecular formula is C20H20N2O3. The summed E-state index contributed by atoms with van der Waals surface area (Å²) in [6.07, 6.45) is 1.72. The van der Waals surface area contributed by atoms with Crippen LogP contribution in [0.2, 0.25) is 0 Å². The third-order valence-corrected chi connectivity index (χ3v) is 4.28. The summed E-state index contributed by atoms with van der Waals surface area (Å²) in [4.78, 5) is 4.80. The Balaban J connectivity index is 1.71. The molecule has 0 amide bonds. The van der Waals surface area contributed by atoms with Gasteiger partial charge in [0.15, 0.2) is 11.5 Å². The van der Waals surface area contributed by atoms with Gasteiger partial charge in [-0.25, -0.2) is 4.98 Å². The molecule has 0 saturated heterocycles. The van der Waals surface area contributed by atoms with E-state index in [1.807, 2.05) is 36.4 Å². The molecule has 5 heteroatoms. The van der Waals surface area contributed by atoms with Crippen molar-refractivity contribution in [3.63, 3.8) is 0 Å². The zero-order chi connectivity index (χ0) is 17.1. The fourth-order valence-corrected chi connectivity index (χ4v) is 2.99. The number of nitrogens with one attached hydrogen (secondary N) is 1. The van der Waals surface area contributed by atoms with Crippen molar-refractivity contribution in [2.75, 3.05) is 25.3 Å². The van der Waals surface area contributed by atoms with Crippen LogP contribution in [0.5, 0.6) is 11.5 Å². The average molecular weight is 336 g/mol. The van der Waals surface area contributed by atoms with E-state index >= 15 is 0 Å². The second-order valence-corrected chi connectivity index (χ2v) is 6.00. The first-order valence-electron chi connectivity index (χ1n) is 8.50. The van der Waals surface area contributed by atoms with E-state index < -0.39 is 0 Å². The van der Waals surface area contributed by atoms with Gasteiger partial charge in [-0.05, 0) is 43.2 Å². The smallest absolute Gasteiger partial charge is 0.231 e. The first-order chi connectivity index (χ1) is 12.3. The molecule has 128 valence electrons. The van der Waals surface area contributed by atoms with Crippen LogP contribution in [0.1, 0.15) is 12.8 Å². The number of benzene rings is 2. The molecule has 25 heavy (non-hydrogen) atoms. The van der Waals surface area contributed by atoms with E-state index in [4.69, 9.17) is 19.6 Å². The number of ether oxygens (including phenoxy) is 2. The highest BCUT2D eigenvalue weighted by molar-refractivity contribution is 5.93. The second kappa shape index (κ2) is 6.99. The molecular weight excluding hydrogens is 316 g/mol. The van der Waals surface area contributed by atoms with Crippen molar-refractivity contribution in [3.8, 4) is 22.8 Å². The summed E-state index contributed by atoms with van der Waals surface area (Å²) < 4.78 is 10.9. The van der Waals surface area contributed by atoms with E-state index in [0.717, 1.165) is 58.7 Å². The Kier molecular flexibility index (Phi) is 4.39. The van der Waals surface area contributed by atoms with Crippen molar-refractivity contribution in [1.29, 1.82) is 0 Å². The number of para-hydroxylation sites is 1. The molecule has 4 rings (SSSR count). The number of hydrogen-bond donors (Lipinski definition) is 2. The minimum Gasteiger partial charge on any atom is -0.454 e. The van der Waals surface area contributed by atoms with Gasteiger partial charge in [-0.3, -0.25) is 0 Å². The molecule has 0 atom stereocenters. The number of aliphatic hydroxyl groups is 1. The van der Waals surface area contributed by atoms with Gasteiger partial charge in [0.05, 0.1) is 11.2 Å². The lowest BCUT2D eigenvalue weighted by Crippen LogP contribution is -2.04. The fraction of sp³-hybridized carbons (Fsp3) is 0.250. The van der Waals surface area contributed by atoms with Crippen LogP contribution in [-0.2, 0) is 0 Å². The number of pyridine rings is 1. The number of unbranched alkanes of at least 4 members (excludes halogenated alkanes) is 1. The molecule has 0 bridgehead atoms. The number of aromatic nitrogens is 1. The summed E-state index contributed by atoms with van der Waals surface area (Å²) in [6.45, 7) is 1.30. The van der Waals surface area contributed by atoms with Crippen molar-refractivity contribution < 1.29 is 14.6 Å². The predicted molar refractivity (Wildman–Crippen MR) is 98.1 cm³/mol. The molecule has 1 aliphatic heterocycles. The molecule has 0 unspecified atom stereocenters. The molecule has 1 aliphatic rings. The molecule has 0 aliphatic carbocycles. The molecule has 0 saturated carbocycles. The first-order valence-corrected chi connectivity index (χ1v) is 8.50. The van der Waals surface area contributed by atoms with E-state index in [1.54, 1.807) is 0 Å². The zero-order valence-corrected chi connectivity index (χ0v) is 13.9. The standard InChI is InChI=1S/C20H20N2O3/c23-10-4-3-9-21-18-12-17(22-16-6-2-1-5-15(16)18)14-7-8-19-20(11-14)25-13-24-19/h1-2,5-8,11-12,23H,3-4,9-10,13H2,(H,21,22). The topological polar surface area (TPSA) is 63.6 Å². The third-order valence-electron chi connectivity index (χ3n) is 4.28. The number of fused-ring (bicyclic) bond motifs is 2. The predicted octanol–water partition coefficient (Wildman–Crippen LogP) is 3.81. The van der Waals surface area contributed by atoms with Crippen LogP contribution in [0.15, 0.2) is 48.5 Å². The summed E-state index contributed by atoms with van der Waals surface area (Å²) in [5.74, 6) is 1.52. The van der Waals surface area contributed by atoms with Gasteiger partial charge in [-0.15, -0.1) is 0 Å². The van der Waals surface area contributed by atoms with Crippen molar-refractivity contribution in [2.45, 2.75) is 12.8 Å². The summed E-state index contributed by atoms with van der Waals surface area (Å²) in [5, 5.41) is 13.5. The van der Waals surface area contributed by atoms with Crippen molar-refractivity contribution in [2.24, 2.45) is 0 Å². The molecule has 2 heterocycles. The van der Waals surface area contributed by atoms with Gasteiger partial charge in [-0.2, -0.15) is 0 Å². The van der Waals surface area contributed by atoms with Gasteiger partial charge in [0.25, 0.3) is 0 Å². The zero-order valence-electron chi connectivity index (χ0n) is 13.9. The molecule has 5 nitrogen and oxygen atoms in total. The number of hydrogen-bond acceptors (Lipinski definition) is 5. The number of nitrogens with zero attached hydrogens (tertiary/aromatic N) is 1. The minimum absolute atomic E-state index is 0.223. The maximum absolute atomic E-state index is 8.95. The summed E-state index contributed by atoms with van der Waals surface area (Å²) in [6, 6.07) is 16.1. The van der Waals surface area contributed by atoms with Crippen LogP contribution in [0, 0.1) is 0 Å². The largest absolute Gasteiger partial charge is 0.454 e. The maximum atomic E-state index is 8.95. The van der Waals surface area contributed by atoms with Gasteiger partial charge in [0.2, 0.25) is 6.79 Å². The number of aliphatic hydroxyl groups excluding tert-OH is 1. The lowest BCUT2D eigenvalue weighted by atomic mass is 10.1. The fourth-order valence-electron chi connectivity index (χ4n) is 2.99. The maximum Gasteiger partial charge on any atom is 0.231 e. The van der Waals surface area contributed by atoms with E-state index in [9.17, 15) is 0 Å². The Morgan fingerprint density at radius 1 is 1.00 bits per heavy atom. The minimum atomic E-state index is 0.223. The molecule has 0 spiro atoms. The van der Waals surface area contributed by atoms with Crippen LogP contribution >= 0.6 is 0 Å². The highest BCUT2D eigenvalue weighted by Crippen LogP contribution is 2.36. The Labute approximate surface area is 146 Å². The molecule has 2 N–H and O–H groups in total. The van der Waals surface area contributed by atoms with Gasteiger partial charge >= 0.3 is 0 Å². The monoisotopic (exact) mass is 336 g/mol. The Morgan fingerprint density at radius 3 is 2.80 bits per heavy atom. The van der Waals surface area contributed by atoms with Crippen LogP contribution in [-0.4, -0.2) is 30.0 Å².